The molecule has 4 rings (SSSR count). The molecule has 30 heavy (non-hydrogen) atoms. The topological polar surface area (TPSA) is 71.3 Å². The first-order valence-corrected chi connectivity index (χ1v) is 10.4. The van der Waals surface area contributed by atoms with Gasteiger partial charge in [0.2, 0.25) is 0 Å². The van der Waals surface area contributed by atoms with Crippen LogP contribution in [-0.2, 0) is 14.3 Å². The molecule has 2 N–H and O–H groups in total. The lowest BCUT2D eigenvalue weighted by molar-refractivity contribution is -0.907. The molecule has 2 heterocycles. The number of aliphatic hydroxyl groups is 1. The third kappa shape index (κ3) is 4.01. The van der Waals surface area contributed by atoms with Crippen molar-refractivity contribution in [2.24, 2.45) is 0 Å². The van der Waals surface area contributed by atoms with Gasteiger partial charge in [0, 0.05) is 5.56 Å². The number of ether oxygens (including phenoxy) is 1. The van der Waals surface area contributed by atoms with Crippen LogP contribution < -0.4 is 4.90 Å². The maximum Gasteiger partial charge on any atom is 0.295 e. The summed E-state index contributed by atoms with van der Waals surface area (Å²) >= 11 is 0. The molecule has 2 aromatic rings. The zero-order chi connectivity index (χ0) is 21.1. The fraction of sp³-hybridized carbons (Fsp3) is 0.333. The van der Waals surface area contributed by atoms with Gasteiger partial charge >= 0.3 is 0 Å². The smallest absolute Gasteiger partial charge is 0.295 e. The number of Topliss-reactive ketones (excluding diaryl/α,β-unsaturated/α-hetero) is 1. The van der Waals surface area contributed by atoms with Crippen molar-refractivity contribution in [1.29, 1.82) is 0 Å². The number of morpholine rings is 1. The van der Waals surface area contributed by atoms with Gasteiger partial charge in [0.25, 0.3) is 11.7 Å². The molecule has 0 aromatic heterocycles. The predicted molar refractivity (Wildman–Crippen MR) is 113 cm³/mol. The standard InChI is InChI=1S/C24H26N2O4/c1-17-7-9-19(10-8-17)22(27)20-21(18-5-3-2-4-6-18)26(24(29)23(20)28)12-11-25-13-15-30-16-14-25/h2-10,21,27H,11-16H2,1H3/p+1/t21-/m0/s1. The summed E-state index contributed by atoms with van der Waals surface area (Å²) in [7, 11) is 0. The van der Waals surface area contributed by atoms with E-state index in [0.29, 0.717) is 25.3 Å². The number of aliphatic hydroxyl groups excluding tert-OH is 1. The molecular formula is C24H27N2O4+. The molecule has 156 valence electrons. The number of amides is 1. The minimum Gasteiger partial charge on any atom is -0.507 e. The van der Waals surface area contributed by atoms with Crippen LogP contribution in [-0.4, -0.2) is 61.1 Å². The van der Waals surface area contributed by atoms with Gasteiger partial charge < -0.3 is 19.6 Å². The van der Waals surface area contributed by atoms with Gasteiger partial charge in [0.05, 0.1) is 37.9 Å². The molecule has 0 unspecified atom stereocenters. The number of carbonyl (C=O) groups excluding carboxylic acids is 2. The minimum absolute atomic E-state index is 0.122. The summed E-state index contributed by atoms with van der Waals surface area (Å²) in [6.45, 7) is 6.36. The Morgan fingerprint density at radius 1 is 1.07 bits per heavy atom. The quantitative estimate of drug-likeness (QED) is 0.446. The molecule has 6 nitrogen and oxygen atoms in total. The highest BCUT2D eigenvalue weighted by Crippen LogP contribution is 2.38. The van der Waals surface area contributed by atoms with E-state index in [1.54, 1.807) is 17.0 Å². The van der Waals surface area contributed by atoms with Gasteiger partial charge in [-0.15, -0.1) is 0 Å². The lowest BCUT2D eigenvalue weighted by Gasteiger charge is -2.29. The van der Waals surface area contributed by atoms with Gasteiger partial charge in [-0.1, -0.05) is 60.2 Å². The SMILES string of the molecule is Cc1ccc(C(O)=C2C(=O)C(=O)N(CC[NH+]3CCOCC3)[C@H]2c2ccccc2)cc1. The van der Waals surface area contributed by atoms with Crippen LogP contribution in [0.25, 0.3) is 5.76 Å². The normalized spacial score (nSPS) is 21.9. The molecule has 1 atom stereocenters. The predicted octanol–water partition coefficient (Wildman–Crippen LogP) is 1.33. The maximum absolute atomic E-state index is 13.0. The van der Waals surface area contributed by atoms with Gasteiger partial charge in [-0.05, 0) is 12.5 Å². The number of hydrogen-bond donors (Lipinski definition) is 2. The van der Waals surface area contributed by atoms with Crippen LogP contribution in [0.3, 0.4) is 0 Å². The summed E-state index contributed by atoms with van der Waals surface area (Å²) < 4.78 is 5.41. The molecule has 2 aliphatic heterocycles. The van der Waals surface area contributed by atoms with Crippen molar-refractivity contribution in [3.05, 3.63) is 76.9 Å². The molecule has 2 aliphatic rings. The van der Waals surface area contributed by atoms with Gasteiger partial charge in [0.1, 0.15) is 18.8 Å². The molecule has 0 radical (unpaired) electrons. The number of nitrogens with zero attached hydrogens (tertiary/aromatic N) is 1. The number of carbonyl (C=O) groups is 2. The molecule has 0 aliphatic carbocycles. The lowest BCUT2D eigenvalue weighted by atomic mass is 9.95. The van der Waals surface area contributed by atoms with E-state index >= 15 is 0 Å². The molecule has 0 bridgehead atoms. The van der Waals surface area contributed by atoms with Crippen molar-refractivity contribution in [2.45, 2.75) is 13.0 Å². The highest BCUT2D eigenvalue weighted by molar-refractivity contribution is 6.46. The van der Waals surface area contributed by atoms with E-state index < -0.39 is 17.7 Å². The Kier molecular flexibility index (Phi) is 5.97. The number of hydrogen-bond acceptors (Lipinski definition) is 4. The second-order valence-corrected chi connectivity index (χ2v) is 7.88. The summed E-state index contributed by atoms with van der Waals surface area (Å²) in [6.07, 6.45) is 0. The number of benzene rings is 2. The van der Waals surface area contributed by atoms with Crippen molar-refractivity contribution < 1.29 is 24.3 Å². The van der Waals surface area contributed by atoms with E-state index in [9.17, 15) is 14.7 Å². The van der Waals surface area contributed by atoms with Gasteiger partial charge in [-0.25, -0.2) is 0 Å². The van der Waals surface area contributed by atoms with Crippen LogP contribution in [0.1, 0.15) is 22.7 Å². The van der Waals surface area contributed by atoms with Gasteiger partial charge in [-0.2, -0.15) is 0 Å². The molecule has 6 heteroatoms. The molecule has 2 saturated heterocycles. The number of ketones is 1. The van der Waals surface area contributed by atoms with Crippen molar-refractivity contribution in [1.82, 2.24) is 4.90 Å². The first kappa shape index (κ1) is 20.3. The van der Waals surface area contributed by atoms with Crippen molar-refractivity contribution in [3.8, 4) is 0 Å². The third-order valence-electron chi connectivity index (χ3n) is 5.89. The summed E-state index contributed by atoms with van der Waals surface area (Å²) in [5, 5.41) is 11.0. The summed E-state index contributed by atoms with van der Waals surface area (Å²) in [5.74, 6) is -1.30. The highest BCUT2D eigenvalue weighted by atomic mass is 16.5. The maximum atomic E-state index is 13.0. The van der Waals surface area contributed by atoms with Crippen LogP contribution in [0.4, 0.5) is 0 Å². The number of likely N-dealkylation sites (tertiary alicyclic amines) is 1. The largest absolute Gasteiger partial charge is 0.507 e. The molecule has 0 saturated carbocycles. The second kappa shape index (κ2) is 8.81. The number of aryl methyl sites for hydroxylation is 1. The fourth-order valence-corrected chi connectivity index (χ4v) is 4.15. The molecule has 2 aromatic carbocycles. The van der Waals surface area contributed by atoms with Crippen molar-refractivity contribution in [3.63, 3.8) is 0 Å². The summed E-state index contributed by atoms with van der Waals surface area (Å²) in [6, 6.07) is 16.2. The van der Waals surface area contributed by atoms with E-state index in [2.05, 4.69) is 0 Å². The van der Waals surface area contributed by atoms with Crippen LogP contribution in [0.5, 0.6) is 0 Å². The minimum atomic E-state index is -0.626. The Bertz CT molecular complexity index is 947. The summed E-state index contributed by atoms with van der Waals surface area (Å²) in [4.78, 5) is 28.9. The van der Waals surface area contributed by atoms with Crippen LogP contribution in [0.15, 0.2) is 60.2 Å². The first-order valence-electron chi connectivity index (χ1n) is 10.4. The molecule has 0 spiro atoms. The Labute approximate surface area is 176 Å². The van der Waals surface area contributed by atoms with Crippen molar-refractivity contribution >= 4 is 17.4 Å². The van der Waals surface area contributed by atoms with Crippen LogP contribution in [0, 0.1) is 6.92 Å². The number of quaternary nitrogens is 1. The van der Waals surface area contributed by atoms with Gasteiger partial charge in [0.15, 0.2) is 0 Å². The van der Waals surface area contributed by atoms with E-state index in [1.807, 2.05) is 49.4 Å². The first-order chi connectivity index (χ1) is 14.6. The van der Waals surface area contributed by atoms with E-state index in [-0.39, 0.29) is 11.3 Å². The third-order valence-corrected chi connectivity index (χ3v) is 5.89. The Balaban J connectivity index is 1.71. The average Bonchev–Trinajstić information content (AvgIpc) is 3.04. The molecule has 2 fully saturated rings. The fourth-order valence-electron chi connectivity index (χ4n) is 4.15. The molecule has 1 amide bonds. The van der Waals surface area contributed by atoms with E-state index in [1.165, 1.54) is 4.90 Å². The molecular weight excluding hydrogens is 380 g/mol. The Morgan fingerprint density at radius 2 is 1.73 bits per heavy atom. The zero-order valence-corrected chi connectivity index (χ0v) is 17.1. The number of rotatable bonds is 5. The Morgan fingerprint density at radius 3 is 2.40 bits per heavy atom. The van der Waals surface area contributed by atoms with Crippen LogP contribution >= 0.6 is 0 Å². The monoisotopic (exact) mass is 407 g/mol. The van der Waals surface area contributed by atoms with E-state index in [0.717, 1.165) is 30.8 Å². The van der Waals surface area contributed by atoms with E-state index in [4.69, 9.17) is 4.74 Å². The lowest BCUT2D eigenvalue weighted by Crippen LogP contribution is -3.14. The van der Waals surface area contributed by atoms with Crippen LogP contribution in [0.2, 0.25) is 0 Å². The second-order valence-electron chi connectivity index (χ2n) is 7.88. The average molecular weight is 407 g/mol. The van der Waals surface area contributed by atoms with Gasteiger partial charge in [-0.3, -0.25) is 9.59 Å². The highest BCUT2D eigenvalue weighted by Gasteiger charge is 2.46. The summed E-state index contributed by atoms with van der Waals surface area (Å²) in [5.41, 5.74) is 2.58. The Hall–Kier alpha value is -2.96. The van der Waals surface area contributed by atoms with Crippen molar-refractivity contribution in [2.75, 3.05) is 39.4 Å². The number of nitrogens with one attached hydrogen (secondary N) is 1. The zero-order valence-electron chi connectivity index (χ0n) is 17.1.